The van der Waals surface area contributed by atoms with E-state index in [1.165, 1.54) is 0 Å². The predicted octanol–water partition coefficient (Wildman–Crippen LogP) is -0.847. The molecule has 0 saturated carbocycles. The summed E-state index contributed by atoms with van der Waals surface area (Å²) in [7, 11) is -18.6. The van der Waals surface area contributed by atoms with Crippen LogP contribution in [0.3, 0.4) is 0 Å². The topological polar surface area (TPSA) is 137 Å². The highest BCUT2D eigenvalue weighted by molar-refractivity contribution is 8.67. The van der Waals surface area contributed by atoms with Gasteiger partial charge in [0.05, 0.1) is 22.3 Å². The Balaban J connectivity index is 3.70. The second kappa shape index (κ2) is 4.79. The normalized spacial score (nSPS) is 14.1. The monoisotopic (exact) mass is 362 g/mol. The molecule has 0 bridgehead atoms. The van der Waals surface area contributed by atoms with Crippen LogP contribution >= 0.6 is 0 Å². The molecule has 20 heavy (non-hydrogen) atoms. The molecule has 0 unspecified atom stereocenters. The highest BCUT2D eigenvalue weighted by atomic mass is 33.2. The van der Waals surface area contributed by atoms with Crippen LogP contribution < -0.4 is 0 Å². The largest absolute Gasteiger partial charge is 0.281 e. The zero-order chi connectivity index (χ0) is 16.0. The van der Waals surface area contributed by atoms with E-state index in [0.717, 1.165) is 18.2 Å². The molecule has 0 N–H and O–H groups in total. The van der Waals surface area contributed by atoms with Crippen molar-refractivity contribution >= 4 is 35.5 Å². The lowest BCUT2D eigenvalue weighted by atomic mass is 10.4. The average Bonchev–Trinajstić information content (AvgIpc) is 2.26. The quantitative estimate of drug-likeness (QED) is 0.632. The minimum atomic E-state index is -4.79. The Morgan fingerprint density at radius 2 is 0.950 bits per heavy atom. The van der Waals surface area contributed by atoms with Gasteiger partial charge in [-0.2, -0.15) is 0 Å². The van der Waals surface area contributed by atoms with Gasteiger partial charge in [-0.1, -0.05) is 6.07 Å². The minimum absolute atomic E-state index is 0.445. The highest BCUT2D eigenvalue weighted by Crippen LogP contribution is 2.22. The molecular weight excluding hydrogens is 352 g/mol. The van der Waals surface area contributed by atoms with Crippen molar-refractivity contribution < 1.29 is 33.7 Å². The van der Waals surface area contributed by atoms with Crippen LogP contribution in [0.4, 0.5) is 0 Å². The van der Waals surface area contributed by atoms with Crippen molar-refractivity contribution in [1.29, 1.82) is 0 Å². The van der Waals surface area contributed by atoms with Crippen LogP contribution in [0.5, 0.6) is 0 Å². The van der Waals surface area contributed by atoms with E-state index < -0.39 is 45.3 Å². The van der Waals surface area contributed by atoms with Crippen molar-refractivity contribution in [2.45, 2.75) is 9.79 Å². The third-order valence-corrected chi connectivity index (χ3v) is 11.4. The highest BCUT2D eigenvalue weighted by Gasteiger charge is 2.31. The zero-order valence-electron chi connectivity index (χ0n) is 10.2. The third-order valence-electron chi connectivity index (χ3n) is 2.18. The second-order valence-corrected chi connectivity index (χ2v) is 15.6. The van der Waals surface area contributed by atoms with E-state index in [0.29, 0.717) is 18.6 Å². The van der Waals surface area contributed by atoms with Gasteiger partial charge in [-0.15, -0.1) is 0 Å². The number of rotatable bonds is 4. The molecule has 114 valence electrons. The summed E-state index contributed by atoms with van der Waals surface area (Å²) in [5.74, 6) is 0. The first-order valence-electron chi connectivity index (χ1n) is 4.71. The average molecular weight is 362 g/mol. The summed E-state index contributed by atoms with van der Waals surface area (Å²) < 4.78 is 91.2. The Kier molecular flexibility index (Phi) is 4.09. The zero-order valence-corrected chi connectivity index (χ0v) is 13.5. The molecule has 0 fully saturated rings. The summed E-state index contributed by atoms with van der Waals surface area (Å²) in [6.07, 6.45) is 0.889. The van der Waals surface area contributed by atoms with E-state index >= 15 is 0 Å². The molecule has 0 saturated heterocycles. The van der Waals surface area contributed by atoms with Gasteiger partial charge in [-0.3, -0.25) is 0 Å². The summed E-state index contributed by atoms with van der Waals surface area (Å²) in [5.41, 5.74) is 0. The van der Waals surface area contributed by atoms with Gasteiger partial charge < -0.3 is 0 Å². The maximum atomic E-state index is 11.7. The number of benzene rings is 1. The van der Waals surface area contributed by atoms with Crippen LogP contribution in [0.1, 0.15) is 0 Å². The molecule has 0 atom stereocenters. The number of hydrogen-bond acceptors (Lipinski definition) is 8. The molecule has 1 rings (SSSR count). The fraction of sp³-hybridized carbons (Fsp3) is 0.250. The summed E-state index contributed by atoms with van der Waals surface area (Å²) in [5, 5.41) is 0. The Labute approximate surface area is 115 Å². The maximum absolute atomic E-state index is 11.7. The molecule has 0 radical (unpaired) electrons. The molecule has 12 heteroatoms. The smallest absolute Gasteiger partial charge is 0.213 e. The lowest BCUT2D eigenvalue weighted by Gasteiger charge is -2.05. The van der Waals surface area contributed by atoms with E-state index in [4.69, 9.17) is 0 Å². The lowest BCUT2D eigenvalue weighted by Crippen LogP contribution is -2.16. The molecule has 0 aromatic heterocycles. The van der Waals surface area contributed by atoms with E-state index in [1.54, 1.807) is 0 Å². The molecule has 0 heterocycles. The summed E-state index contributed by atoms with van der Waals surface area (Å²) >= 11 is 0. The summed E-state index contributed by atoms with van der Waals surface area (Å²) in [4.78, 5) is -1.63. The third kappa shape index (κ3) is 2.87. The van der Waals surface area contributed by atoms with Gasteiger partial charge in [0.25, 0.3) is 35.5 Å². The van der Waals surface area contributed by atoms with Gasteiger partial charge in [-0.05, 0) is 18.2 Å². The number of hydrogen-bond donors (Lipinski definition) is 0. The van der Waals surface area contributed by atoms with Crippen LogP contribution in [0.15, 0.2) is 34.1 Å². The lowest BCUT2D eigenvalue weighted by molar-refractivity contribution is 0.583. The van der Waals surface area contributed by atoms with Gasteiger partial charge in [0.1, 0.15) is 0 Å². The summed E-state index contributed by atoms with van der Waals surface area (Å²) in [6, 6.07) is 3.15. The Hall–Kier alpha value is -0.980. The molecule has 1 aromatic carbocycles. The molecule has 0 aliphatic carbocycles. The predicted molar refractivity (Wildman–Crippen MR) is 70.5 cm³/mol. The van der Waals surface area contributed by atoms with Crippen LogP contribution in [0, 0.1) is 0 Å². The SMILES string of the molecule is CS(=O)(=O)S(=O)(=O)c1cccc(S(=O)(=O)S(C)(=O)=O)c1. The standard InChI is InChI=1S/C8H10O8S4/c1-17(9,10)19(13,14)7-4-3-5-8(6-7)20(15,16)18(2,11)12/h3-6H,1-2H3. The fourth-order valence-corrected chi connectivity index (χ4v) is 5.66. The minimum Gasteiger partial charge on any atom is -0.213 e. The van der Waals surface area contributed by atoms with Crippen molar-refractivity contribution in [3.63, 3.8) is 0 Å². The van der Waals surface area contributed by atoms with E-state index in [1.807, 2.05) is 0 Å². The summed E-state index contributed by atoms with van der Waals surface area (Å²) in [6.45, 7) is 0. The van der Waals surface area contributed by atoms with Gasteiger partial charge in [-0.25, -0.2) is 33.7 Å². The maximum Gasteiger partial charge on any atom is 0.281 e. The molecule has 1 aromatic rings. The van der Waals surface area contributed by atoms with Crippen LogP contribution in [-0.2, 0) is 35.5 Å². The van der Waals surface area contributed by atoms with Gasteiger partial charge >= 0.3 is 0 Å². The Bertz CT molecular complexity index is 872. The van der Waals surface area contributed by atoms with Crippen LogP contribution in [-0.4, -0.2) is 46.2 Å². The molecular formula is C8H10O8S4. The van der Waals surface area contributed by atoms with Gasteiger partial charge in [0.15, 0.2) is 0 Å². The molecule has 0 amide bonds. The molecule has 0 aliphatic rings. The van der Waals surface area contributed by atoms with Crippen LogP contribution in [0.25, 0.3) is 0 Å². The van der Waals surface area contributed by atoms with Crippen molar-refractivity contribution in [2.24, 2.45) is 0 Å². The van der Waals surface area contributed by atoms with Crippen molar-refractivity contribution in [3.8, 4) is 0 Å². The first-order chi connectivity index (χ1) is 8.71. The fourth-order valence-electron chi connectivity index (χ4n) is 1.13. The van der Waals surface area contributed by atoms with E-state index in [2.05, 4.69) is 0 Å². The first kappa shape index (κ1) is 17.1. The second-order valence-electron chi connectivity index (χ2n) is 3.79. The van der Waals surface area contributed by atoms with Gasteiger partial charge in [0.2, 0.25) is 0 Å². The van der Waals surface area contributed by atoms with Gasteiger partial charge in [0, 0.05) is 0 Å². The first-order valence-corrected chi connectivity index (χ1v) is 12.5. The Morgan fingerprint density at radius 1 is 0.650 bits per heavy atom. The molecule has 8 nitrogen and oxygen atoms in total. The van der Waals surface area contributed by atoms with Crippen molar-refractivity contribution in [3.05, 3.63) is 24.3 Å². The van der Waals surface area contributed by atoms with E-state index in [-0.39, 0.29) is 0 Å². The van der Waals surface area contributed by atoms with E-state index in [9.17, 15) is 33.7 Å². The molecule has 0 aliphatic heterocycles. The van der Waals surface area contributed by atoms with Crippen molar-refractivity contribution in [2.75, 3.05) is 12.5 Å². The van der Waals surface area contributed by atoms with Crippen molar-refractivity contribution in [1.82, 2.24) is 0 Å². The Morgan fingerprint density at radius 3 is 1.20 bits per heavy atom. The van der Waals surface area contributed by atoms with Crippen LogP contribution in [0.2, 0.25) is 0 Å². The molecule has 0 spiro atoms.